The minimum Gasteiger partial charge on any atom is -0.508 e. The maximum atomic E-state index is 9.55. The molecule has 1 fully saturated rings. The average molecular weight is 259 g/mol. The Bertz CT molecular complexity index is 421. The van der Waals surface area contributed by atoms with Gasteiger partial charge in [0.15, 0.2) is 0 Å². The van der Waals surface area contributed by atoms with Gasteiger partial charge < -0.3 is 10.4 Å². The highest BCUT2D eigenvalue weighted by atomic mass is 16.3. The van der Waals surface area contributed by atoms with E-state index in [0.717, 1.165) is 6.42 Å². The van der Waals surface area contributed by atoms with Crippen molar-refractivity contribution in [2.75, 3.05) is 0 Å². The molecule has 0 bridgehead atoms. The van der Waals surface area contributed by atoms with E-state index in [2.05, 4.69) is 11.4 Å². The summed E-state index contributed by atoms with van der Waals surface area (Å²) in [7, 11) is 0. The third-order valence-corrected chi connectivity index (χ3v) is 4.75. The van der Waals surface area contributed by atoms with E-state index in [1.165, 1.54) is 62.5 Å². The molecule has 0 radical (unpaired) electrons. The molecular weight excluding hydrogens is 234 g/mol. The predicted molar refractivity (Wildman–Crippen MR) is 78.4 cm³/mol. The molecule has 19 heavy (non-hydrogen) atoms. The lowest BCUT2D eigenvalue weighted by molar-refractivity contribution is 0.352. The molecule has 0 spiro atoms. The van der Waals surface area contributed by atoms with Crippen LogP contribution in [-0.4, -0.2) is 11.1 Å². The van der Waals surface area contributed by atoms with Crippen LogP contribution in [0.1, 0.15) is 68.5 Å². The second-order valence-corrected chi connectivity index (χ2v) is 6.18. The lowest BCUT2D eigenvalue weighted by Gasteiger charge is -2.25. The van der Waals surface area contributed by atoms with E-state index in [-0.39, 0.29) is 0 Å². The quantitative estimate of drug-likeness (QED) is 0.838. The molecule has 0 aliphatic heterocycles. The van der Waals surface area contributed by atoms with E-state index in [4.69, 9.17) is 0 Å². The first kappa shape index (κ1) is 13.0. The number of hydrogen-bond donors (Lipinski definition) is 2. The van der Waals surface area contributed by atoms with Gasteiger partial charge in [-0.2, -0.15) is 0 Å². The van der Waals surface area contributed by atoms with E-state index >= 15 is 0 Å². The first-order valence-electron chi connectivity index (χ1n) is 7.91. The van der Waals surface area contributed by atoms with Gasteiger partial charge in [0.2, 0.25) is 0 Å². The molecule has 2 heteroatoms. The number of fused-ring (bicyclic) bond motifs is 1. The van der Waals surface area contributed by atoms with Crippen LogP contribution in [0.3, 0.4) is 0 Å². The van der Waals surface area contributed by atoms with E-state index in [1.807, 2.05) is 12.1 Å². The number of nitrogens with one attached hydrogen (secondary N) is 1. The normalized spacial score (nSPS) is 24.7. The Balaban J connectivity index is 1.64. The van der Waals surface area contributed by atoms with Crippen LogP contribution in [0.15, 0.2) is 18.2 Å². The monoisotopic (exact) mass is 259 g/mol. The second-order valence-electron chi connectivity index (χ2n) is 6.18. The summed E-state index contributed by atoms with van der Waals surface area (Å²) in [6.45, 7) is 0. The molecule has 2 nitrogen and oxygen atoms in total. The van der Waals surface area contributed by atoms with E-state index in [9.17, 15) is 5.11 Å². The Morgan fingerprint density at radius 2 is 1.68 bits per heavy atom. The zero-order valence-electron chi connectivity index (χ0n) is 11.7. The van der Waals surface area contributed by atoms with E-state index < -0.39 is 0 Å². The Hall–Kier alpha value is -1.02. The fourth-order valence-corrected chi connectivity index (χ4v) is 3.68. The summed E-state index contributed by atoms with van der Waals surface area (Å²) in [5, 5.41) is 13.4. The largest absolute Gasteiger partial charge is 0.508 e. The third kappa shape index (κ3) is 3.11. The maximum Gasteiger partial charge on any atom is 0.115 e. The van der Waals surface area contributed by atoms with Gasteiger partial charge in [-0.3, -0.25) is 0 Å². The van der Waals surface area contributed by atoms with Crippen LogP contribution in [0.2, 0.25) is 0 Å². The number of phenolic OH excluding ortho intramolecular Hbond substituents is 1. The van der Waals surface area contributed by atoms with Crippen molar-refractivity contribution in [3.63, 3.8) is 0 Å². The molecule has 0 aromatic heterocycles. The van der Waals surface area contributed by atoms with Crippen molar-refractivity contribution in [3.05, 3.63) is 29.3 Å². The minimum atomic E-state index is 0.408. The van der Waals surface area contributed by atoms with Gasteiger partial charge >= 0.3 is 0 Å². The van der Waals surface area contributed by atoms with Gasteiger partial charge in [-0.1, -0.05) is 38.2 Å². The zero-order valence-corrected chi connectivity index (χ0v) is 11.7. The molecular formula is C17H25NO. The fourth-order valence-electron chi connectivity index (χ4n) is 3.68. The number of benzene rings is 1. The summed E-state index contributed by atoms with van der Waals surface area (Å²) in [6, 6.07) is 7.09. The smallest absolute Gasteiger partial charge is 0.115 e. The van der Waals surface area contributed by atoms with Gasteiger partial charge in [-0.25, -0.2) is 0 Å². The van der Waals surface area contributed by atoms with Crippen molar-refractivity contribution in [1.29, 1.82) is 0 Å². The molecule has 1 aromatic rings. The highest BCUT2D eigenvalue weighted by Gasteiger charge is 2.25. The van der Waals surface area contributed by atoms with Crippen molar-refractivity contribution < 1.29 is 5.11 Å². The molecule has 3 rings (SSSR count). The van der Waals surface area contributed by atoms with Crippen molar-refractivity contribution >= 4 is 0 Å². The molecule has 1 saturated carbocycles. The molecule has 104 valence electrons. The summed E-state index contributed by atoms with van der Waals surface area (Å²) >= 11 is 0. The second kappa shape index (κ2) is 5.96. The fraction of sp³-hybridized carbons (Fsp3) is 0.647. The molecule has 1 atom stereocenters. The summed E-state index contributed by atoms with van der Waals surface area (Å²) in [6.07, 6.45) is 12.0. The van der Waals surface area contributed by atoms with Gasteiger partial charge in [-0.05, 0) is 48.9 Å². The van der Waals surface area contributed by atoms with Crippen LogP contribution < -0.4 is 5.32 Å². The van der Waals surface area contributed by atoms with Gasteiger partial charge in [0.25, 0.3) is 0 Å². The van der Waals surface area contributed by atoms with Gasteiger partial charge in [0.05, 0.1) is 0 Å². The standard InChI is InChI=1S/C17H25NO/c19-15-9-10-16-13(12-15)8-11-17(16)18-14-6-4-2-1-3-5-7-14/h9-10,12,14,17-19H,1-8,11H2. The van der Waals surface area contributed by atoms with Crippen LogP contribution in [0.25, 0.3) is 0 Å². The van der Waals surface area contributed by atoms with Crippen molar-refractivity contribution in [2.24, 2.45) is 0 Å². The van der Waals surface area contributed by atoms with Gasteiger partial charge in [-0.15, -0.1) is 0 Å². The topological polar surface area (TPSA) is 32.3 Å². The van der Waals surface area contributed by atoms with Crippen LogP contribution in [0.5, 0.6) is 5.75 Å². The van der Waals surface area contributed by atoms with Crippen LogP contribution in [0.4, 0.5) is 0 Å². The van der Waals surface area contributed by atoms with Gasteiger partial charge in [0, 0.05) is 12.1 Å². The van der Waals surface area contributed by atoms with Crippen molar-refractivity contribution in [1.82, 2.24) is 5.32 Å². The maximum absolute atomic E-state index is 9.55. The Morgan fingerprint density at radius 1 is 0.947 bits per heavy atom. The highest BCUT2D eigenvalue weighted by Crippen LogP contribution is 2.34. The first-order valence-corrected chi connectivity index (χ1v) is 7.91. The molecule has 2 aliphatic rings. The summed E-state index contributed by atoms with van der Waals surface area (Å²) < 4.78 is 0. The molecule has 0 amide bonds. The van der Waals surface area contributed by atoms with Crippen LogP contribution >= 0.6 is 0 Å². The number of aromatic hydroxyl groups is 1. The highest BCUT2D eigenvalue weighted by molar-refractivity contribution is 5.40. The Labute approximate surface area is 116 Å². The summed E-state index contributed by atoms with van der Waals surface area (Å²) in [4.78, 5) is 0. The summed E-state index contributed by atoms with van der Waals surface area (Å²) in [5.41, 5.74) is 2.75. The SMILES string of the molecule is Oc1ccc2c(c1)CCC2NC1CCCCCCC1. The molecule has 2 N–H and O–H groups in total. The average Bonchev–Trinajstić information content (AvgIpc) is 2.74. The lowest BCUT2D eigenvalue weighted by atomic mass is 9.95. The zero-order chi connectivity index (χ0) is 13.1. The molecule has 2 aliphatic carbocycles. The Morgan fingerprint density at radius 3 is 2.47 bits per heavy atom. The van der Waals surface area contributed by atoms with Gasteiger partial charge in [0.1, 0.15) is 5.75 Å². The van der Waals surface area contributed by atoms with Crippen molar-refractivity contribution in [2.45, 2.75) is 69.9 Å². The molecule has 1 unspecified atom stereocenters. The predicted octanol–water partition coefficient (Wildman–Crippen LogP) is 4.08. The molecule has 1 aromatic carbocycles. The van der Waals surface area contributed by atoms with Crippen LogP contribution in [-0.2, 0) is 6.42 Å². The van der Waals surface area contributed by atoms with E-state index in [0.29, 0.717) is 17.8 Å². The first-order chi connectivity index (χ1) is 9.33. The number of aryl methyl sites for hydroxylation is 1. The van der Waals surface area contributed by atoms with Crippen LogP contribution in [0, 0.1) is 0 Å². The minimum absolute atomic E-state index is 0.408. The van der Waals surface area contributed by atoms with Crippen molar-refractivity contribution in [3.8, 4) is 5.75 Å². The third-order valence-electron chi connectivity index (χ3n) is 4.75. The Kier molecular flexibility index (Phi) is 4.07. The number of phenols is 1. The molecule has 0 saturated heterocycles. The lowest BCUT2D eigenvalue weighted by Crippen LogP contribution is -2.32. The number of rotatable bonds is 2. The summed E-state index contributed by atoms with van der Waals surface area (Å²) in [5.74, 6) is 0.408. The molecule has 0 heterocycles. The van der Waals surface area contributed by atoms with E-state index in [1.54, 1.807) is 0 Å². The number of hydrogen-bond acceptors (Lipinski definition) is 2.